The molecule has 2 aromatic carbocycles. The average Bonchev–Trinajstić information content (AvgIpc) is 3.07. The maximum Gasteiger partial charge on any atom is 0.416 e. The maximum absolute atomic E-state index is 13.0. The first-order valence-electron chi connectivity index (χ1n) is 11.4. The fourth-order valence-corrected chi connectivity index (χ4v) is 5.40. The monoisotopic (exact) mass is 473 g/mol. The van der Waals surface area contributed by atoms with E-state index in [1.807, 2.05) is 13.0 Å². The summed E-state index contributed by atoms with van der Waals surface area (Å²) in [5.74, 6) is 0.630. The number of benzene rings is 2. The first kappa shape index (κ1) is 24.1. The second kappa shape index (κ2) is 8.64. The van der Waals surface area contributed by atoms with Crippen LogP contribution in [0.25, 0.3) is 11.0 Å². The van der Waals surface area contributed by atoms with Gasteiger partial charge < -0.3 is 14.6 Å². The number of rotatable bonds is 4. The van der Waals surface area contributed by atoms with Crippen molar-refractivity contribution in [3.05, 3.63) is 53.1 Å². The minimum absolute atomic E-state index is 0.144. The van der Waals surface area contributed by atoms with Crippen molar-refractivity contribution >= 4 is 28.6 Å². The molecular formula is C26H30F3N3O2. The van der Waals surface area contributed by atoms with Gasteiger partial charge in [0.05, 0.1) is 29.3 Å². The van der Waals surface area contributed by atoms with Gasteiger partial charge in [0.2, 0.25) is 5.95 Å². The van der Waals surface area contributed by atoms with Gasteiger partial charge in [0, 0.05) is 11.7 Å². The Balaban J connectivity index is 1.82. The van der Waals surface area contributed by atoms with Crippen LogP contribution >= 0.6 is 0 Å². The summed E-state index contributed by atoms with van der Waals surface area (Å²) < 4.78 is 46.1. The number of nitrogens with zero attached hydrogens (tertiary/aromatic N) is 2. The molecule has 1 N–H and O–H groups in total. The van der Waals surface area contributed by atoms with Crippen molar-refractivity contribution in [1.82, 2.24) is 9.55 Å². The number of carbonyl (C=O) groups excluding carboxylic acids is 1. The molecule has 1 heterocycles. The molecule has 0 bridgehead atoms. The molecule has 8 heteroatoms. The van der Waals surface area contributed by atoms with Crippen LogP contribution in [0.15, 0.2) is 36.4 Å². The molecule has 2 atom stereocenters. The largest absolute Gasteiger partial charge is 0.465 e. The van der Waals surface area contributed by atoms with Gasteiger partial charge >= 0.3 is 12.1 Å². The molecule has 182 valence electrons. The second-order valence-corrected chi connectivity index (χ2v) is 10.2. The van der Waals surface area contributed by atoms with Crippen molar-refractivity contribution < 1.29 is 22.7 Å². The standard InChI is InChI=1S/C26H30F3N3O2/c1-15-10-19(14-25(3,4)13-15)32-22-11-16(2)20(23(33)34-5)12-21(22)31-24(32)30-18-8-6-17(7-9-18)26(27,28)29/h6-9,11-12,15,19H,10,13-14H2,1-5H3,(H,30,31)/t15-,19+/m0/s1. The van der Waals surface area contributed by atoms with Crippen molar-refractivity contribution in [2.24, 2.45) is 11.3 Å². The Morgan fingerprint density at radius 2 is 1.85 bits per heavy atom. The zero-order valence-electron chi connectivity index (χ0n) is 20.1. The summed E-state index contributed by atoms with van der Waals surface area (Å²) >= 11 is 0. The predicted octanol–water partition coefficient (Wildman–Crippen LogP) is 7.28. The van der Waals surface area contributed by atoms with Crippen molar-refractivity contribution in [2.45, 2.75) is 59.2 Å². The van der Waals surface area contributed by atoms with Gasteiger partial charge in [-0.05, 0) is 79.5 Å². The van der Waals surface area contributed by atoms with E-state index in [0.717, 1.165) is 42.5 Å². The topological polar surface area (TPSA) is 56.1 Å². The number of carbonyl (C=O) groups is 1. The number of hydrogen-bond acceptors (Lipinski definition) is 4. The number of esters is 1. The molecule has 0 amide bonds. The van der Waals surface area contributed by atoms with E-state index in [9.17, 15) is 18.0 Å². The molecule has 3 aromatic rings. The third-order valence-corrected chi connectivity index (χ3v) is 6.64. The molecule has 0 radical (unpaired) electrons. The maximum atomic E-state index is 13.0. The molecular weight excluding hydrogens is 443 g/mol. The predicted molar refractivity (Wildman–Crippen MR) is 126 cm³/mol. The number of aryl methyl sites for hydroxylation is 1. The molecule has 1 saturated carbocycles. The van der Waals surface area contributed by atoms with Gasteiger partial charge in [-0.25, -0.2) is 9.78 Å². The molecule has 4 rings (SSSR count). The summed E-state index contributed by atoms with van der Waals surface area (Å²) in [6.45, 7) is 8.63. The van der Waals surface area contributed by atoms with Crippen LogP contribution in [-0.2, 0) is 10.9 Å². The Morgan fingerprint density at radius 1 is 1.18 bits per heavy atom. The van der Waals surface area contributed by atoms with Gasteiger partial charge in [0.15, 0.2) is 0 Å². The molecule has 34 heavy (non-hydrogen) atoms. The SMILES string of the molecule is COC(=O)c1cc2nc(Nc3ccc(C(F)(F)F)cc3)n([C@@H]3C[C@H](C)CC(C)(C)C3)c2cc1C. The number of ether oxygens (including phenoxy) is 1. The van der Waals surface area contributed by atoms with Gasteiger partial charge in [-0.3, -0.25) is 0 Å². The van der Waals surface area contributed by atoms with Gasteiger partial charge in [-0.1, -0.05) is 20.8 Å². The lowest BCUT2D eigenvalue weighted by Crippen LogP contribution is -2.29. The third kappa shape index (κ3) is 4.76. The fourth-order valence-electron chi connectivity index (χ4n) is 5.40. The molecule has 0 aliphatic heterocycles. The zero-order valence-corrected chi connectivity index (χ0v) is 20.1. The van der Waals surface area contributed by atoms with Gasteiger partial charge in [-0.2, -0.15) is 13.2 Å². The Bertz CT molecular complexity index is 1210. The highest BCUT2D eigenvalue weighted by molar-refractivity contribution is 5.96. The highest BCUT2D eigenvalue weighted by Gasteiger charge is 2.35. The van der Waals surface area contributed by atoms with Gasteiger partial charge in [0.25, 0.3) is 0 Å². The van der Waals surface area contributed by atoms with E-state index in [1.54, 1.807) is 6.07 Å². The quantitative estimate of drug-likeness (QED) is 0.405. The highest BCUT2D eigenvalue weighted by Crippen LogP contribution is 2.46. The summed E-state index contributed by atoms with van der Waals surface area (Å²) in [4.78, 5) is 17.0. The van der Waals surface area contributed by atoms with Crippen LogP contribution in [0.4, 0.5) is 24.8 Å². The number of aromatic nitrogens is 2. The summed E-state index contributed by atoms with van der Waals surface area (Å²) in [6, 6.07) is 8.75. The first-order chi connectivity index (χ1) is 15.9. The first-order valence-corrected chi connectivity index (χ1v) is 11.4. The lowest BCUT2D eigenvalue weighted by Gasteiger charge is -2.40. The summed E-state index contributed by atoms with van der Waals surface area (Å²) in [5.41, 5.74) is 2.70. The Kier molecular flexibility index (Phi) is 6.12. The fraction of sp³-hybridized carbons (Fsp3) is 0.462. The van der Waals surface area contributed by atoms with Gasteiger partial charge in [-0.15, -0.1) is 0 Å². The second-order valence-electron chi connectivity index (χ2n) is 10.2. The van der Waals surface area contributed by atoms with E-state index < -0.39 is 17.7 Å². The third-order valence-electron chi connectivity index (χ3n) is 6.64. The Hall–Kier alpha value is -3.03. The van der Waals surface area contributed by atoms with Crippen LogP contribution in [0, 0.1) is 18.3 Å². The molecule has 1 fully saturated rings. The smallest absolute Gasteiger partial charge is 0.416 e. The summed E-state index contributed by atoms with van der Waals surface area (Å²) in [7, 11) is 1.34. The normalized spacial score (nSPS) is 20.4. The molecule has 0 spiro atoms. The number of fused-ring (bicyclic) bond motifs is 1. The summed E-state index contributed by atoms with van der Waals surface area (Å²) in [6.07, 6.45) is -1.35. The van der Waals surface area contributed by atoms with E-state index in [2.05, 4.69) is 30.7 Å². The number of halogens is 3. The van der Waals surface area contributed by atoms with Crippen molar-refractivity contribution in [3.8, 4) is 0 Å². The lowest BCUT2D eigenvalue weighted by atomic mass is 9.70. The van der Waals surface area contributed by atoms with Crippen LogP contribution in [-0.4, -0.2) is 22.6 Å². The van der Waals surface area contributed by atoms with Crippen molar-refractivity contribution in [2.75, 3.05) is 12.4 Å². The Labute approximate surface area is 197 Å². The number of methoxy groups -OCH3 is 1. The Morgan fingerprint density at radius 3 is 2.44 bits per heavy atom. The number of alkyl halides is 3. The molecule has 1 aliphatic rings. The van der Waals surface area contributed by atoms with E-state index in [1.165, 1.54) is 19.2 Å². The van der Waals surface area contributed by atoms with Crippen LogP contribution in [0.1, 0.15) is 67.6 Å². The minimum Gasteiger partial charge on any atom is -0.465 e. The van der Waals surface area contributed by atoms with Crippen molar-refractivity contribution in [3.63, 3.8) is 0 Å². The van der Waals surface area contributed by atoms with Gasteiger partial charge in [0.1, 0.15) is 0 Å². The average molecular weight is 474 g/mol. The van der Waals surface area contributed by atoms with E-state index in [-0.39, 0.29) is 11.5 Å². The van der Waals surface area contributed by atoms with Crippen LogP contribution in [0.5, 0.6) is 0 Å². The van der Waals surface area contributed by atoms with Crippen LogP contribution in [0.2, 0.25) is 0 Å². The zero-order chi connectivity index (χ0) is 24.8. The minimum atomic E-state index is -4.39. The van der Waals surface area contributed by atoms with Crippen LogP contribution in [0.3, 0.4) is 0 Å². The highest BCUT2D eigenvalue weighted by atomic mass is 19.4. The molecule has 0 saturated heterocycles. The molecule has 1 aromatic heterocycles. The number of anilines is 2. The van der Waals surface area contributed by atoms with E-state index in [4.69, 9.17) is 9.72 Å². The molecule has 5 nitrogen and oxygen atoms in total. The number of imidazole rings is 1. The molecule has 0 unspecified atom stereocenters. The molecule has 1 aliphatic carbocycles. The van der Waals surface area contributed by atoms with Crippen LogP contribution < -0.4 is 5.32 Å². The van der Waals surface area contributed by atoms with E-state index in [0.29, 0.717) is 28.6 Å². The summed E-state index contributed by atoms with van der Waals surface area (Å²) in [5, 5.41) is 3.23. The van der Waals surface area contributed by atoms with E-state index >= 15 is 0 Å². The lowest BCUT2D eigenvalue weighted by molar-refractivity contribution is -0.137. The number of nitrogens with one attached hydrogen (secondary N) is 1. The number of hydrogen-bond donors (Lipinski definition) is 1. The van der Waals surface area contributed by atoms with Crippen molar-refractivity contribution in [1.29, 1.82) is 0 Å².